The van der Waals surface area contributed by atoms with Crippen molar-refractivity contribution >= 4 is 46.6 Å². The van der Waals surface area contributed by atoms with Crippen LogP contribution in [0.2, 0.25) is 0 Å². The van der Waals surface area contributed by atoms with Gasteiger partial charge in [0.2, 0.25) is 5.91 Å². The number of amides is 1. The minimum atomic E-state index is -0.629. The molecule has 94 valence electrons. The van der Waals surface area contributed by atoms with Crippen LogP contribution in [0.4, 0.5) is 5.69 Å². The van der Waals surface area contributed by atoms with E-state index in [0.717, 1.165) is 28.5 Å². The van der Waals surface area contributed by atoms with Gasteiger partial charge in [0, 0.05) is 9.26 Å². The maximum atomic E-state index is 11.9. The summed E-state index contributed by atoms with van der Waals surface area (Å²) in [5, 5.41) is 2.88. The number of nitrogens with one attached hydrogen (secondary N) is 1. The zero-order valence-corrected chi connectivity index (χ0v) is 12.6. The molecule has 2 rings (SSSR count). The second kappa shape index (κ2) is 5.54. The van der Waals surface area contributed by atoms with Crippen LogP contribution in [0.1, 0.15) is 24.8 Å². The maximum Gasteiger partial charge on any atom is 0.244 e. The smallest absolute Gasteiger partial charge is 0.244 e. The predicted molar refractivity (Wildman–Crippen MR) is 80.5 cm³/mol. The number of hydrogen-bond donors (Lipinski definition) is 2. The van der Waals surface area contributed by atoms with E-state index in [9.17, 15) is 4.79 Å². The lowest BCUT2D eigenvalue weighted by atomic mass is 9.77. The number of hydrogen-bond acceptors (Lipinski definition) is 2. The Hall–Kier alpha value is -0.330. The molecule has 3 nitrogen and oxygen atoms in total. The molecule has 0 heterocycles. The highest BCUT2D eigenvalue weighted by atomic mass is 127. The minimum Gasteiger partial charge on any atom is -0.324 e. The van der Waals surface area contributed by atoms with Gasteiger partial charge in [-0.15, -0.1) is 12.4 Å². The molecule has 1 aromatic rings. The van der Waals surface area contributed by atoms with Crippen LogP contribution in [0.15, 0.2) is 18.2 Å². The number of carbonyl (C=O) groups is 1. The van der Waals surface area contributed by atoms with E-state index in [1.807, 2.05) is 25.1 Å². The van der Waals surface area contributed by atoms with Crippen LogP contribution in [0.3, 0.4) is 0 Å². The van der Waals surface area contributed by atoms with Gasteiger partial charge >= 0.3 is 0 Å². The van der Waals surface area contributed by atoms with Gasteiger partial charge in [0.1, 0.15) is 0 Å². The Kier molecular flexibility index (Phi) is 4.80. The number of benzene rings is 1. The summed E-state index contributed by atoms with van der Waals surface area (Å²) in [5.74, 6) is -0.0570. The van der Waals surface area contributed by atoms with Crippen LogP contribution in [-0.2, 0) is 4.79 Å². The van der Waals surface area contributed by atoms with Crippen molar-refractivity contribution in [3.8, 4) is 0 Å². The van der Waals surface area contributed by atoms with Crippen molar-refractivity contribution in [3.05, 3.63) is 27.3 Å². The van der Waals surface area contributed by atoms with E-state index >= 15 is 0 Å². The fourth-order valence-electron chi connectivity index (χ4n) is 1.71. The number of halogens is 2. The van der Waals surface area contributed by atoms with Crippen molar-refractivity contribution in [2.45, 2.75) is 31.7 Å². The van der Waals surface area contributed by atoms with Gasteiger partial charge in [0.25, 0.3) is 0 Å². The average Bonchev–Trinajstić information content (AvgIpc) is 2.20. The van der Waals surface area contributed by atoms with Gasteiger partial charge in [-0.2, -0.15) is 0 Å². The summed E-state index contributed by atoms with van der Waals surface area (Å²) in [5.41, 5.74) is 7.36. The van der Waals surface area contributed by atoms with Crippen molar-refractivity contribution in [2.24, 2.45) is 5.73 Å². The van der Waals surface area contributed by atoms with E-state index in [-0.39, 0.29) is 18.3 Å². The Bertz CT molecular complexity index is 433. The van der Waals surface area contributed by atoms with Gasteiger partial charge in [0.05, 0.1) is 5.54 Å². The molecule has 1 amide bonds. The molecule has 0 radical (unpaired) electrons. The molecule has 1 fully saturated rings. The normalized spacial score (nSPS) is 16.6. The molecule has 0 spiro atoms. The van der Waals surface area contributed by atoms with Crippen molar-refractivity contribution in [1.29, 1.82) is 0 Å². The molecule has 0 aliphatic heterocycles. The molecule has 1 aliphatic carbocycles. The standard InChI is InChI=1S/C12H15IN2O.ClH/c1-8-3-4-9(7-10(8)13)15-11(16)12(14)5-2-6-12;/h3-4,7H,2,5-6,14H2,1H3,(H,15,16);1H. The Balaban J connectivity index is 0.00000144. The Labute approximate surface area is 121 Å². The molecule has 1 saturated carbocycles. The van der Waals surface area contributed by atoms with E-state index in [2.05, 4.69) is 27.9 Å². The first kappa shape index (κ1) is 14.7. The fourth-order valence-corrected chi connectivity index (χ4v) is 2.23. The summed E-state index contributed by atoms with van der Waals surface area (Å²) in [6.45, 7) is 2.05. The van der Waals surface area contributed by atoms with Gasteiger partial charge in [-0.1, -0.05) is 6.07 Å². The summed E-state index contributed by atoms with van der Waals surface area (Å²) < 4.78 is 1.15. The van der Waals surface area contributed by atoms with Crippen LogP contribution in [-0.4, -0.2) is 11.4 Å². The Morgan fingerprint density at radius 3 is 2.59 bits per heavy atom. The number of carbonyl (C=O) groups excluding carboxylic acids is 1. The SMILES string of the molecule is Cc1ccc(NC(=O)C2(N)CCC2)cc1I.Cl. The third kappa shape index (κ3) is 3.11. The number of rotatable bonds is 2. The molecule has 17 heavy (non-hydrogen) atoms. The first-order valence-corrected chi connectivity index (χ1v) is 6.46. The minimum absolute atomic E-state index is 0. The van der Waals surface area contributed by atoms with Crippen LogP contribution < -0.4 is 11.1 Å². The summed E-state index contributed by atoms with van der Waals surface area (Å²) >= 11 is 2.26. The molecule has 0 atom stereocenters. The molecule has 1 aromatic carbocycles. The average molecular weight is 367 g/mol. The summed E-state index contributed by atoms with van der Waals surface area (Å²) in [6, 6.07) is 5.88. The zero-order valence-electron chi connectivity index (χ0n) is 9.63. The largest absolute Gasteiger partial charge is 0.324 e. The first-order chi connectivity index (χ1) is 7.51. The molecule has 3 N–H and O–H groups in total. The fraction of sp³-hybridized carbons (Fsp3) is 0.417. The third-order valence-corrected chi connectivity index (χ3v) is 4.29. The van der Waals surface area contributed by atoms with E-state index in [1.54, 1.807) is 0 Å². The second-order valence-electron chi connectivity index (χ2n) is 4.43. The molecule has 5 heteroatoms. The second-order valence-corrected chi connectivity index (χ2v) is 5.59. The Morgan fingerprint density at radius 1 is 1.47 bits per heavy atom. The summed E-state index contributed by atoms with van der Waals surface area (Å²) in [7, 11) is 0. The molecule has 0 bridgehead atoms. The van der Waals surface area contributed by atoms with Crippen LogP contribution in [0, 0.1) is 10.5 Å². The predicted octanol–water partition coefficient (Wildman–Crippen LogP) is 2.84. The summed E-state index contributed by atoms with van der Waals surface area (Å²) in [4.78, 5) is 11.9. The van der Waals surface area contributed by atoms with Crippen LogP contribution >= 0.6 is 35.0 Å². The number of nitrogens with two attached hydrogens (primary N) is 1. The van der Waals surface area contributed by atoms with Gasteiger partial charge in [0.15, 0.2) is 0 Å². The van der Waals surface area contributed by atoms with E-state index < -0.39 is 5.54 Å². The topological polar surface area (TPSA) is 55.1 Å². The summed E-state index contributed by atoms with van der Waals surface area (Å²) in [6.07, 6.45) is 2.64. The van der Waals surface area contributed by atoms with Gasteiger partial charge in [-0.05, 0) is 66.5 Å². The van der Waals surface area contributed by atoms with Crippen LogP contribution in [0.5, 0.6) is 0 Å². The third-order valence-electron chi connectivity index (χ3n) is 3.13. The monoisotopic (exact) mass is 366 g/mol. The molecule has 0 saturated heterocycles. The lowest BCUT2D eigenvalue weighted by Gasteiger charge is -2.36. The highest BCUT2D eigenvalue weighted by molar-refractivity contribution is 14.1. The molecular formula is C12H16ClIN2O. The quantitative estimate of drug-likeness (QED) is 0.791. The highest BCUT2D eigenvalue weighted by Gasteiger charge is 2.40. The molecule has 1 aliphatic rings. The van der Waals surface area contributed by atoms with Crippen molar-refractivity contribution in [2.75, 3.05) is 5.32 Å². The number of aryl methyl sites for hydroxylation is 1. The van der Waals surface area contributed by atoms with E-state index in [4.69, 9.17) is 5.73 Å². The van der Waals surface area contributed by atoms with Crippen molar-refractivity contribution < 1.29 is 4.79 Å². The van der Waals surface area contributed by atoms with Crippen molar-refractivity contribution in [3.63, 3.8) is 0 Å². The van der Waals surface area contributed by atoms with E-state index in [1.165, 1.54) is 5.56 Å². The Morgan fingerprint density at radius 2 is 2.12 bits per heavy atom. The van der Waals surface area contributed by atoms with Crippen molar-refractivity contribution in [1.82, 2.24) is 0 Å². The molecule has 0 aromatic heterocycles. The number of anilines is 1. The highest BCUT2D eigenvalue weighted by Crippen LogP contribution is 2.30. The zero-order chi connectivity index (χ0) is 11.8. The first-order valence-electron chi connectivity index (χ1n) is 5.38. The van der Waals surface area contributed by atoms with Crippen LogP contribution in [0.25, 0.3) is 0 Å². The van der Waals surface area contributed by atoms with Gasteiger partial charge in [-0.25, -0.2) is 0 Å². The molecular weight excluding hydrogens is 351 g/mol. The van der Waals surface area contributed by atoms with Gasteiger partial charge < -0.3 is 11.1 Å². The maximum absolute atomic E-state index is 11.9. The lowest BCUT2D eigenvalue weighted by molar-refractivity contribution is -0.123. The molecule has 0 unspecified atom stereocenters. The van der Waals surface area contributed by atoms with Gasteiger partial charge in [-0.3, -0.25) is 4.79 Å². The lowest BCUT2D eigenvalue weighted by Crippen LogP contribution is -2.56. The van der Waals surface area contributed by atoms with E-state index in [0.29, 0.717) is 0 Å².